The predicted octanol–water partition coefficient (Wildman–Crippen LogP) is 1.17. The van der Waals surface area contributed by atoms with Gasteiger partial charge in [-0.05, 0) is 25.8 Å². The molecule has 1 aliphatic rings. The van der Waals surface area contributed by atoms with E-state index in [0.29, 0.717) is 17.7 Å². The van der Waals surface area contributed by atoms with Gasteiger partial charge in [0.2, 0.25) is 0 Å². The van der Waals surface area contributed by atoms with Crippen LogP contribution < -0.4 is 15.8 Å². The molecule has 3 amide bonds. The molecule has 0 aliphatic heterocycles. The summed E-state index contributed by atoms with van der Waals surface area (Å²) in [5.41, 5.74) is 6.35. The molecule has 1 aromatic rings. The molecule has 2 rings (SSSR count). The molecule has 0 heterocycles. The fourth-order valence-electron chi connectivity index (χ4n) is 2.22. The van der Waals surface area contributed by atoms with Gasteiger partial charge in [0.15, 0.2) is 11.9 Å². The summed E-state index contributed by atoms with van der Waals surface area (Å²) in [6, 6.07) is 4.27. The van der Waals surface area contributed by atoms with E-state index in [9.17, 15) is 14.4 Å². The quantitative estimate of drug-likeness (QED) is 0.865. The maximum Gasteiger partial charge on any atom is 0.318 e. The van der Waals surface area contributed by atoms with Crippen molar-refractivity contribution < 1.29 is 19.1 Å². The molecule has 1 atom stereocenters. The summed E-state index contributed by atoms with van der Waals surface area (Å²) in [5, 5.41) is 1.96. The van der Waals surface area contributed by atoms with Crippen LogP contribution in [0, 0.1) is 0 Å². The van der Waals surface area contributed by atoms with E-state index in [0.717, 1.165) is 18.4 Å². The minimum Gasteiger partial charge on any atom is -0.481 e. The number of carbonyl (C=O) groups excluding carboxylic acids is 3. The summed E-state index contributed by atoms with van der Waals surface area (Å²) >= 11 is 0. The number of rotatable bonds is 3. The van der Waals surface area contributed by atoms with Crippen LogP contribution in [-0.4, -0.2) is 23.8 Å². The number of benzene rings is 1. The normalized spacial score (nSPS) is 15.2. The van der Waals surface area contributed by atoms with Crippen molar-refractivity contribution in [3.63, 3.8) is 0 Å². The highest BCUT2D eigenvalue weighted by molar-refractivity contribution is 5.99. The molecular weight excluding hydrogens is 260 g/mol. The van der Waals surface area contributed by atoms with Gasteiger partial charge < -0.3 is 10.5 Å². The number of fused-ring (bicyclic) bond motifs is 1. The van der Waals surface area contributed by atoms with E-state index in [1.54, 1.807) is 18.2 Å². The summed E-state index contributed by atoms with van der Waals surface area (Å²) in [6.07, 6.45) is 1.18. The molecule has 1 aromatic carbocycles. The number of urea groups is 1. The van der Waals surface area contributed by atoms with E-state index in [2.05, 4.69) is 0 Å². The second kappa shape index (κ2) is 5.73. The van der Waals surface area contributed by atoms with E-state index in [-0.39, 0.29) is 5.78 Å². The molecular formula is C14H16N2O4. The Labute approximate surface area is 116 Å². The molecule has 6 nitrogen and oxygen atoms in total. The monoisotopic (exact) mass is 276 g/mol. The fourth-order valence-corrected chi connectivity index (χ4v) is 2.22. The molecule has 20 heavy (non-hydrogen) atoms. The highest BCUT2D eigenvalue weighted by Crippen LogP contribution is 2.30. The van der Waals surface area contributed by atoms with Crippen LogP contribution >= 0.6 is 0 Å². The lowest BCUT2D eigenvalue weighted by Crippen LogP contribution is -2.42. The van der Waals surface area contributed by atoms with Crippen molar-refractivity contribution in [2.45, 2.75) is 32.3 Å². The Morgan fingerprint density at radius 3 is 2.80 bits per heavy atom. The van der Waals surface area contributed by atoms with Gasteiger partial charge >= 0.3 is 6.03 Å². The highest BCUT2D eigenvalue weighted by atomic mass is 16.5. The van der Waals surface area contributed by atoms with Gasteiger partial charge in [0.1, 0.15) is 5.75 Å². The molecule has 0 radical (unpaired) electrons. The second-order valence-corrected chi connectivity index (χ2v) is 4.67. The van der Waals surface area contributed by atoms with Gasteiger partial charge in [-0.2, -0.15) is 0 Å². The third-order valence-corrected chi connectivity index (χ3v) is 3.18. The number of ketones is 1. The van der Waals surface area contributed by atoms with Gasteiger partial charge in [-0.1, -0.05) is 12.1 Å². The lowest BCUT2D eigenvalue weighted by molar-refractivity contribution is -0.126. The standard InChI is InChI=1S/C14H16N2O4/c1-8(13(18)16-14(15)19)20-12-7-3-4-9-10(12)5-2-6-11(9)17/h3-4,7-8H,2,5-6H2,1H3,(H3,15,16,18,19). The zero-order valence-corrected chi connectivity index (χ0v) is 11.1. The third-order valence-electron chi connectivity index (χ3n) is 3.18. The number of imide groups is 1. The Morgan fingerprint density at radius 2 is 2.10 bits per heavy atom. The van der Waals surface area contributed by atoms with E-state index in [1.165, 1.54) is 6.92 Å². The highest BCUT2D eigenvalue weighted by Gasteiger charge is 2.23. The Kier molecular flexibility index (Phi) is 4.02. The average Bonchev–Trinajstić information content (AvgIpc) is 2.39. The third kappa shape index (κ3) is 2.96. The molecule has 106 valence electrons. The van der Waals surface area contributed by atoms with E-state index >= 15 is 0 Å². The maximum absolute atomic E-state index is 11.8. The van der Waals surface area contributed by atoms with Crippen LogP contribution in [0.15, 0.2) is 18.2 Å². The maximum atomic E-state index is 11.8. The first-order valence-corrected chi connectivity index (χ1v) is 6.41. The summed E-state index contributed by atoms with van der Waals surface area (Å²) in [4.78, 5) is 34.0. The van der Waals surface area contributed by atoms with Crippen molar-refractivity contribution in [3.8, 4) is 5.75 Å². The first-order valence-electron chi connectivity index (χ1n) is 6.41. The summed E-state index contributed by atoms with van der Waals surface area (Å²) < 4.78 is 5.55. The molecule has 0 bridgehead atoms. The minimum absolute atomic E-state index is 0.0888. The Bertz CT molecular complexity index is 568. The Balaban J connectivity index is 2.18. The number of hydrogen-bond acceptors (Lipinski definition) is 4. The van der Waals surface area contributed by atoms with Crippen LogP contribution in [0.3, 0.4) is 0 Å². The van der Waals surface area contributed by atoms with Crippen LogP contribution in [-0.2, 0) is 11.2 Å². The van der Waals surface area contributed by atoms with Gasteiger partial charge in [0.25, 0.3) is 5.91 Å². The zero-order valence-electron chi connectivity index (χ0n) is 11.1. The van der Waals surface area contributed by atoms with E-state index in [4.69, 9.17) is 10.5 Å². The van der Waals surface area contributed by atoms with Crippen molar-refractivity contribution in [1.82, 2.24) is 5.32 Å². The average molecular weight is 276 g/mol. The summed E-state index contributed by atoms with van der Waals surface area (Å²) in [6.45, 7) is 1.52. The molecule has 0 fully saturated rings. The number of nitrogens with one attached hydrogen (secondary N) is 1. The molecule has 3 N–H and O–H groups in total. The molecule has 6 heteroatoms. The van der Waals surface area contributed by atoms with Crippen LogP contribution in [0.1, 0.15) is 35.7 Å². The van der Waals surface area contributed by atoms with Crippen molar-refractivity contribution in [2.24, 2.45) is 5.73 Å². The number of Topliss-reactive ketones (excluding diaryl/α,β-unsaturated/α-hetero) is 1. The lowest BCUT2D eigenvalue weighted by atomic mass is 9.90. The van der Waals surface area contributed by atoms with Gasteiger partial charge in [0, 0.05) is 17.5 Å². The molecule has 0 saturated carbocycles. The van der Waals surface area contributed by atoms with E-state index < -0.39 is 18.0 Å². The molecule has 1 unspecified atom stereocenters. The topological polar surface area (TPSA) is 98.5 Å². The van der Waals surface area contributed by atoms with E-state index in [1.807, 2.05) is 5.32 Å². The first-order chi connectivity index (χ1) is 9.49. The zero-order chi connectivity index (χ0) is 14.7. The summed E-state index contributed by atoms with van der Waals surface area (Å²) in [5.74, 6) is -0.0224. The number of carbonyl (C=O) groups is 3. The van der Waals surface area contributed by atoms with Crippen LogP contribution in [0.4, 0.5) is 4.79 Å². The van der Waals surface area contributed by atoms with Crippen molar-refractivity contribution in [2.75, 3.05) is 0 Å². The summed E-state index contributed by atoms with van der Waals surface area (Å²) in [7, 11) is 0. The number of primary amides is 1. The smallest absolute Gasteiger partial charge is 0.318 e. The molecule has 0 spiro atoms. The van der Waals surface area contributed by atoms with Crippen LogP contribution in [0.5, 0.6) is 5.75 Å². The Morgan fingerprint density at radius 1 is 1.35 bits per heavy atom. The van der Waals surface area contributed by atoms with Crippen molar-refractivity contribution >= 4 is 17.7 Å². The van der Waals surface area contributed by atoms with Gasteiger partial charge in [-0.3, -0.25) is 14.9 Å². The number of nitrogens with two attached hydrogens (primary N) is 1. The SMILES string of the molecule is CC(Oc1cccc2c1CCCC2=O)C(=O)NC(N)=O. The lowest BCUT2D eigenvalue weighted by Gasteiger charge is -2.21. The number of hydrogen-bond donors (Lipinski definition) is 2. The molecule has 0 aromatic heterocycles. The minimum atomic E-state index is -0.921. The van der Waals surface area contributed by atoms with Gasteiger partial charge in [-0.25, -0.2) is 4.79 Å². The fraction of sp³-hybridized carbons (Fsp3) is 0.357. The van der Waals surface area contributed by atoms with Gasteiger partial charge in [-0.15, -0.1) is 0 Å². The predicted molar refractivity (Wildman–Crippen MR) is 71.5 cm³/mol. The number of ether oxygens (including phenoxy) is 1. The first kappa shape index (κ1) is 14.0. The Hall–Kier alpha value is -2.37. The molecule has 0 saturated heterocycles. The largest absolute Gasteiger partial charge is 0.481 e. The van der Waals surface area contributed by atoms with Gasteiger partial charge in [0.05, 0.1) is 0 Å². The van der Waals surface area contributed by atoms with Crippen LogP contribution in [0.2, 0.25) is 0 Å². The van der Waals surface area contributed by atoms with Crippen molar-refractivity contribution in [1.29, 1.82) is 0 Å². The van der Waals surface area contributed by atoms with Crippen LogP contribution in [0.25, 0.3) is 0 Å². The second-order valence-electron chi connectivity index (χ2n) is 4.67. The molecule has 1 aliphatic carbocycles. The van der Waals surface area contributed by atoms with Crippen molar-refractivity contribution in [3.05, 3.63) is 29.3 Å². The number of amides is 3.